The van der Waals surface area contributed by atoms with Crippen molar-refractivity contribution < 1.29 is 19.4 Å². The van der Waals surface area contributed by atoms with Crippen LogP contribution in [-0.4, -0.2) is 27.8 Å². The predicted molar refractivity (Wildman–Crippen MR) is 186 cm³/mol. The van der Waals surface area contributed by atoms with Gasteiger partial charge in [0.2, 0.25) is 0 Å². The van der Waals surface area contributed by atoms with E-state index in [1.807, 2.05) is 160 Å². The van der Waals surface area contributed by atoms with Gasteiger partial charge in [0.15, 0.2) is 5.78 Å². The molecular weight excluding hydrogens is 575 g/mol. The molecule has 5 rings (SSSR count). The van der Waals surface area contributed by atoms with Gasteiger partial charge in [-0.25, -0.2) is 4.79 Å². The van der Waals surface area contributed by atoms with Crippen molar-refractivity contribution in [1.29, 1.82) is 0 Å². The van der Waals surface area contributed by atoms with Crippen LogP contribution in [0.1, 0.15) is 49.2 Å². The molecular formula is C40H39O4P. The minimum Gasteiger partial charge on any atom is -0.457 e. The second-order valence-corrected chi connectivity index (χ2v) is 15.4. The number of esters is 1. The number of ether oxygens (including phenoxy) is 1. The van der Waals surface area contributed by atoms with E-state index in [-0.39, 0.29) is 12.2 Å². The van der Waals surface area contributed by atoms with Gasteiger partial charge in [0.25, 0.3) is 0 Å². The van der Waals surface area contributed by atoms with E-state index in [4.69, 9.17) is 4.74 Å². The van der Waals surface area contributed by atoms with Crippen LogP contribution in [0.25, 0.3) is 0 Å². The summed E-state index contributed by atoms with van der Waals surface area (Å²) in [4.78, 5) is 29.0. The first kappa shape index (κ1) is 31.9. The van der Waals surface area contributed by atoms with Gasteiger partial charge in [-0.2, -0.15) is 0 Å². The Labute approximate surface area is 266 Å². The molecule has 0 aliphatic carbocycles. The maximum atomic E-state index is 15.0. The molecule has 0 aliphatic rings. The average Bonchev–Trinajstić information content (AvgIpc) is 3.07. The molecule has 0 bridgehead atoms. The van der Waals surface area contributed by atoms with Crippen LogP contribution in [-0.2, 0) is 9.53 Å². The lowest BCUT2D eigenvalue weighted by Crippen LogP contribution is -2.42. The largest absolute Gasteiger partial charge is 0.457 e. The molecule has 4 nitrogen and oxygen atoms in total. The molecule has 5 aromatic rings. The van der Waals surface area contributed by atoms with Crippen molar-refractivity contribution in [2.45, 2.75) is 38.9 Å². The fourth-order valence-corrected chi connectivity index (χ4v) is 10.5. The van der Waals surface area contributed by atoms with Gasteiger partial charge >= 0.3 is 5.97 Å². The van der Waals surface area contributed by atoms with E-state index in [0.29, 0.717) is 16.4 Å². The van der Waals surface area contributed by atoms with Crippen LogP contribution in [0.4, 0.5) is 0 Å². The van der Waals surface area contributed by atoms with Gasteiger partial charge in [-0.3, -0.25) is 4.79 Å². The third kappa shape index (κ3) is 7.09. The van der Waals surface area contributed by atoms with Crippen molar-refractivity contribution in [3.05, 3.63) is 163 Å². The molecule has 0 heterocycles. The zero-order valence-electron chi connectivity index (χ0n) is 25.9. The van der Waals surface area contributed by atoms with Crippen molar-refractivity contribution in [2.24, 2.45) is 5.92 Å². The Morgan fingerprint density at radius 1 is 0.622 bits per heavy atom. The summed E-state index contributed by atoms with van der Waals surface area (Å²) in [5, 5.41) is 15.5. The van der Waals surface area contributed by atoms with Crippen LogP contribution in [0.3, 0.4) is 0 Å². The lowest BCUT2D eigenvalue weighted by Gasteiger charge is -2.37. The monoisotopic (exact) mass is 614 g/mol. The third-order valence-electron chi connectivity index (χ3n) is 7.77. The van der Waals surface area contributed by atoms with Crippen LogP contribution in [0.5, 0.6) is 0 Å². The Balaban J connectivity index is 1.97. The van der Waals surface area contributed by atoms with E-state index in [2.05, 4.69) is 0 Å². The van der Waals surface area contributed by atoms with Crippen LogP contribution >= 0.6 is 6.89 Å². The van der Waals surface area contributed by atoms with Crippen LogP contribution in [0.2, 0.25) is 0 Å². The topological polar surface area (TPSA) is 63.6 Å². The highest BCUT2D eigenvalue weighted by atomic mass is 31.2. The van der Waals surface area contributed by atoms with Gasteiger partial charge in [-0.05, 0) is 49.1 Å². The highest BCUT2D eigenvalue weighted by Gasteiger charge is 2.42. The minimum absolute atomic E-state index is 0.0943. The summed E-state index contributed by atoms with van der Waals surface area (Å²) in [7, 11) is 0. The Morgan fingerprint density at radius 3 is 1.40 bits per heavy atom. The quantitative estimate of drug-likeness (QED) is 0.103. The van der Waals surface area contributed by atoms with E-state index in [1.165, 1.54) is 0 Å². The minimum atomic E-state index is -3.05. The summed E-state index contributed by atoms with van der Waals surface area (Å²) in [6, 6.07) is 48.3. The maximum Gasteiger partial charge on any atom is 0.336 e. The molecule has 0 saturated carbocycles. The summed E-state index contributed by atoms with van der Waals surface area (Å²) >= 11 is 0. The first-order valence-corrected chi connectivity index (χ1v) is 17.0. The number of benzene rings is 5. The number of Topliss-reactive ketones (excluding diaryl/α,β-unsaturated/α-hetero) is 1. The summed E-state index contributed by atoms with van der Waals surface area (Å²) in [5.41, 5.74) is 0.319. The number of carbonyl (C=O) groups is 2. The summed E-state index contributed by atoms with van der Waals surface area (Å²) in [6.07, 6.45) is -1.26. The second kappa shape index (κ2) is 14.1. The molecule has 0 unspecified atom stereocenters. The van der Waals surface area contributed by atoms with Crippen LogP contribution in [0, 0.1) is 5.92 Å². The fourth-order valence-electron chi connectivity index (χ4n) is 5.87. The van der Waals surface area contributed by atoms with Crippen LogP contribution in [0.15, 0.2) is 152 Å². The Hall–Kier alpha value is -4.50. The molecule has 5 aromatic carbocycles. The molecule has 2 atom stereocenters. The molecule has 0 spiro atoms. The van der Waals surface area contributed by atoms with Gasteiger partial charge in [0, 0.05) is 17.9 Å². The van der Waals surface area contributed by atoms with Crippen molar-refractivity contribution in [3.63, 3.8) is 0 Å². The number of carbonyl (C=O) groups excluding carboxylic acids is 2. The summed E-state index contributed by atoms with van der Waals surface area (Å²) in [5.74, 6) is -1.60. The van der Waals surface area contributed by atoms with Crippen molar-refractivity contribution in [3.8, 4) is 0 Å². The van der Waals surface area contributed by atoms with E-state index in [1.54, 1.807) is 12.1 Å². The molecule has 5 heteroatoms. The first-order valence-electron chi connectivity index (χ1n) is 15.2. The zero-order chi connectivity index (χ0) is 31.9. The van der Waals surface area contributed by atoms with Gasteiger partial charge in [-0.1, -0.05) is 152 Å². The number of hydrogen-bond acceptors (Lipinski definition) is 4. The molecule has 0 amide bonds. The SMILES string of the molecule is CC(C)(C)OC(=O)C([C@@H](CC(=O)c1ccccc1)[C@H](O)c1ccccc1)=P(c1ccccc1)(c1ccccc1)c1ccccc1. The van der Waals surface area contributed by atoms with Gasteiger partial charge < -0.3 is 9.84 Å². The fraction of sp³-hybridized carbons (Fsp3) is 0.175. The van der Waals surface area contributed by atoms with Gasteiger partial charge in [0.1, 0.15) is 5.60 Å². The van der Waals surface area contributed by atoms with Gasteiger partial charge in [0.05, 0.1) is 11.4 Å². The lowest BCUT2D eigenvalue weighted by atomic mass is 9.87. The molecule has 0 aromatic heterocycles. The van der Waals surface area contributed by atoms with E-state index < -0.39 is 30.5 Å². The molecule has 228 valence electrons. The summed E-state index contributed by atoms with van der Waals surface area (Å²) < 4.78 is 6.25. The second-order valence-electron chi connectivity index (χ2n) is 12.0. The molecule has 0 radical (unpaired) electrons. The van der Waals surface area contributed by atoms with Crippen molar-refractivity contribution in [2.75, 3.05) is 0 Å². The van der Waals surface area contributed by atoms with Gasteiger partial charge in [-0.15, -0.1) is 0 Å². The average molecular weight is 615 g/mol. The molecule has 0 saturated heterocycles. The van der Waals surface area contributed by atoms with Crippen molar-refractivity contribution in [1.82, 2.24) is 0 Å². The Bertz CT molecular complexity index is 1660. The van der Waals surface area contributed by atoms with E-state index in [9.17, 15) is 14.7 Å². The number of aliphatic hydroxyl groups excluding tert-OH is 1. The molecule has 0 aliphatic heterocycles. The normalized spacial score (nSPS) is 13.0. The Morgan fingerprint density at radius 2 is 1.00 bits per heavy atom. The summed E-state index contributed by atoms with van der Waals surface area (Å²) in [6.45, 7) is 2.47. The van der Waals surface area contributed by atoms with E-state index >= 15 is 0 Å². The first-order chi connectivity index (χ1) is 21.7. The number of hydrogen-bond donors (Lipinski definition) is 1. The number of ketones is 1. The Kier molecular flexibility index (Phi) is 9.98. The van der Waals surface area contributed by atoms with E-state index in [0.717, 1.165) is 15.9 Å². The predicted octanol–water partition coefficient (Wildman–Crippen LogP) is 7.12. The van der Waals surface area contributed by atoms with Crippen LogP contribution < -0.4 is 15.9 Å². The standard InChI is InChI=1S/C40H39O4P/c1-40(2,3)44-39(43)38(35(37(42)31-21-11-5-12-22-31)29-36(41)30-19-9-4-10-20-30)45(32-23-13-6-14-24-32,33-25-15-7-16-26-33)34-27-17-8-18-28-34/h4-28,35,37,42H,29H2,1-3H3/t35-,37+/m0/s1. The third-order valence-corrected chi connectivity index (χ3v) is 12.2. The highest BCUT2D eigenvalue weighted by Crippen LogP contribution is 2.50. The maximum absolute atomic E-state index is 15.0. The number of rotatable bonds is 10. The lowest BCUT2D eigenvalue weighted by molar-refractivity contribution is -0.146. The zero-order valence-corrected chi connectivity index (χ0v) is 26.8. The number of aliphatic hydroxyl groups is 1. The van der Waals surface area contributed by atoms with Crippen molar-refractivity contribution >= 4 is 39.8 Å². The molecule has 0 fully saturated rings. The molecule has 45 heavy (non-hydrogen) atoms. The molecule has 1 N–H and O–H groups in total. The smallest absolute Gasteiger partial charge is 0.336 e. The highest BCUT2D eigenvalue weighted by molar-refractivity contribution is 7.96.